The Morgan fingerprint density at radius 2 is 1.58 bits per heavy atom. The van der Waals surface area contributed by atoms with Gasteiger partial charge >= 0.3 is 0 Å². The molecule has 0 aromatic heterocycles. The summed E-state index contributed by atoms with van der Waals surface area (Å²) in [7, 11) is 4.04. The summed E-state index contributed by atoms with van der Waals surface area (Å²) in [5.74, 6) is 3.12. The molecule has 11 atom stereocenters. The van der Waals surface area contributed by atoms with Crippen LogP contribution in [0.3, 0.4) is 0 Å². The van der Waals surface area contributed by atoms with E-state index in [-0.39, 0.29) is 47.6 Å². The van der Waals surface area contributed by atoms with E-state index in [2.05, 4.69) is 37.1 Å². The summed E-state index contributed by atoms with van der Waals surface area (Å²) in [5, 5.41) is 5.28. The van der Waals surface area contributed by atoms with Gasteiger partial charge < -0.3 is 41.6 Å². The Kier molecular flexibility index (Phi) is 16.3. The summed E-state index contributed by atoms with van der Waals surface area (Å²) in [4.78, 5) is 28.2. The smallest absolute Gasteiger partial charge is 0.220 e. The molecule has 330 valence electrons. The third kappa shape index (κ3) is 10.2. The van der Waals surface area contributed by atoms with E-state index in [1.165, 1.54) is 19.3 Å². The van der Waals surface area contributed by atoms with Gasteiger partial charge in [0.2, 0.25) is 5.91 Å². The number of amides is 1. The van der Waals surface area contributed by atoms with Gasteiger partial charge in [-0.1, -0.05) is 45.0 Å². The van der Waals surface area contributed by atoms with Crippen molar-refractivity contribution in [2.24, 2.45) is 63.5 Å². The van der Waals surface area contributed by atoms with Gasteiger partial charge in [-0.3, -0.25) is 9.59 Å². The summed E-state index contributed by atoms with van der Waals surface area (Å²) in [6, 6.07) is 12.0. The highest BCUT2D eigenvalue weighted by Crippen LogP contribution is 2.69. The minimum Gasteiger partial charge on any atom is -0.378 e. The van der Waals surface area contributed by atoms with Gasteiger partial charge in [-0.15, -0.1) is 0 Å². The lowest BCUT2D eigenvalue weighted by Crippen LogP contribution is -2.63. The number of benzene rings is 2. The van der Waals surface area contributed by atoms with Crippen LogP contribution in [0, 0.1) is 46.3 Å². The number of ether oxygens (including phenoxy) is 3. The Bertz CT molecular complexity index is 1670. The molecular weight excluding hydrogens is 739 g/mol. The van der Waals surface area contributed by atoms with Crippen LogP contribution in [-0.4, -0.2) is 90.1 Å². The normalized spacial score (nSPS) is 31.9. The van der Waals surface area contributed by atoms with E-state index >= 15 is 0 Å². The number of Topliss-reactive ketones (excluding diaryl/α,β-unsaturated/α-hetero) is 1. The minimum atomic E-state index is -0.0535. The SMILES string of the molecule is C[C@H](CCCNC(=O)CCC(=O)c1ccc2c(N(C)C)cccc2c1)[C@H]1CC[C@H]2[C@@H]3[C@H](OCCCN)C[C@@H]4C[C@H](OCCCN)CC[C@]4(C)[C@H]3C[C@H](OCCCN)[C@]12C. The molecule has 0 aliphatic heterocycles. The molecule has 4 aliphatic rings. The lowest BCUT2D eigenvalue weighted by atomic mass is 9.43. The number of hydrogen-bond acceptors (Lipinski definition) is 9. The predicted octanol–water partition coefficient (Wildman–Crippen LogP) is 7.48. The van der Waals surface area contributed by atoms with Gasteiger partial charge in [0.15, 0.2) is 5.78 Å². The highest BCUT2D eigenvalue weighted by molar-refractivity contribution is 6.03. The third-order valence-electron chi connectivity index (χ3n) is 15.9. The maximum Gasteiger partial charge on any atom is 0.220 e. The van der Waals surface area contributed by atoms with Crippen molar-refractivity contribution >= 4 is 28.2 Å². The molecule has 10 heteroatoms. The van der Waals surface area contributed by atoms with E-state index in [0.29, 0.717) is 80.0 Å². The average molecular weight is 818 g/mol. The molecule has 1 amide bonds. The van der Waals surface area contributed by atoms with Gasteiger partial charge in [0.25, 0.3) is 0 Å². The van der Waals surface area contributed by atoms with Crippen LogP contribution in [0.1, 0.15) is 121 Å². The molecule has 0 radical (unpaired) electrons. The number of fused-ring (bicyclic) bond motifs is 6. The number of nitrogens with zero attached hydrogens (tertiary/aromatic N) is 1. The first-order valence-corrected chi connectivity index (χ1v) is 23.4. The number of carbonyl (C=O) groups excluding carboxylic acids is 2. The van der Waals surface area contributed by atoms with Gasteiger partial charge in [0, 0.05) is 75.4 Å². The molecule has 10 nitrogen and oxygen atoms in total. The molecule has 0 bridgehead atoms. The monoisotopic (exact) mass is 818 g/mol. The number of anilines is 1. The second-order valence-electron chi connectivity index (χ2n) is 19.5. The summed E-state index contributed by atoms with van der Waals surface area (Å²) >= 11 is 0. The third-order valence-corrected chi connectivity index (χ3v) is 15.9. The Hall–Kier alpha value is -2.60. The van der Waals surface area contributed by atoms with Crippen LogP contribution >= 0.6 is 0 Å². The predicted molar refractivity (Wildman–Crippen MR) is 239 cm³/mol. The van der Waals surface area contributed by atoms with Crippen LogP contribution in [-0.2, 0) is 19.0 Å². The first-order valence-electron chi connectivity index (χ1n) is 23.4. The molecule has 0 unspecified atom stereocenters. The van der Waals surface area contributed by atoms with Crippen molar-refractivity contribution in [2.75, 3.05) is 65.0 Å². The van der Waals surface area contributed by atoms with Gasteiger partial charge in [0.1, 0.15) is 0 Å². The highest BCUT2D eigenvalue weighted by atomic mass is 16.5. The van der Waals surface area contributed by atoms with Crippen LogP contribution in [0.4, 0.5) is 5.69 Å². The van der Waals surface area contributed by atoms with E-state index in [1.54, 1.807) is 0 Å². The van der Waals surface area contributed by atoms with Crippen molar-refractivity contribution in [2.45, 2.75) is 129 Å². The average Bonchev–Trinajstić information content (AvgIpc) is 3.59. The second-order valence-corrected chi connectivity index (χ2v) is 19.5. The number of rotatable bonds is 22. The lowest BCUT2D eigenvalue weighted by Gasteiger charge is -2.65. The number of nitrogens with two attached hydrogens (primary N) is 3. The van der Waals surface area contributed by atoms with Crippen molar-refractivity contribution in [3.05, 3.63) is 42.0 Å². The molecule has 2 aromatic carbocycles. The number of hydrogen-bond donors (Lipinski definition) is 4. The minimum absolute atomic E-state index is 0.00226. The number of nitrogens with one attached hydrogen (secondary N) is 1. The van der Waals surface area contributed by atoms with Gasteiger partial charge in [-0.2, -0.15) is 0 Å². The molecule has 0 spiro atoms. The van der Waals surface area contributed by atoms with E-state index in [4.69, 9.17) is 31.4 Å². The Morgan fingerprint density at radius 3 is 2.31 bits per heavy atom. The zero-order chi connectivity index (χ0) is 42.2. The van der Waals surface area contributed by atoms with E-state index in [1.807, 2.05) is 44.4 Å². The quantitative estimate of drug-likeness (QED) is 0.0700. The van der Waals surface area contributed by atoms with Crippen molar-refractivity contribution < 1.29 is 23.8 Å². The molecule has 4 fully saturated rings. The summed E-state index contributed by atoms with van der Waals surface area (Å²) in [5.41, 5.74) is 19.9. The topological polar surface area (TPSA) is 155 Å². The van der Waals surface area contributed by atoms with Crippen LogP contribution in [0.15, 0.2) is 36.4 Å². The Labute approximate surface area is 355 Å². The van der Waals surface area contributed by atoms with Crippen molar-refractivity contribution in [1.82, 2.24) is 5.32 Å². The van der Waals surface area contributed by atoms with Gasteiger partial charge in [-0.25, -0.2) is 0 Å². The molecule has 2 aromatic rings. The van der Waals surface area contributed by atoms with Gasteiger partial charge in [-0.05, 0) is 155 Å². The fraction of sp³-hybridized carbons (Fsp3) is 0.755. The largest absolute Gasteiger partial charge is 0.378 e. The van der Waals surface area contributed by atoms with E-state index < -0.39 is 0 Å². The molecule has 0 heterocycles. The fourth-order valence-electron chi connectivity index (χ4n) is 12.7. The first-order chi connectivity index (χ1) is 28.5. The second kappa shape index (κ2) is 21.0. The Morgan fingerprint density at radius 1 is 0.847 bits per heavy atom. The highest BCUT2D eigenvalue weighted by Gasteiger charge is 2.66. The molecule has 6 rings (SSSR count). The zero-order valence-corrected chi connectivity index (χ0v) is 37.2. The number of carbonyl (C=O) groups is 2. The molecule has 7 N–H and O–H groups in total. The maximum atomic E-state index is 13.1. The van der Waals surface area contributed by atoms with E-state index in [0.717, 1.165) is 87.5 Å². The molecule has 0 saturated heterocycles. The molecule has 59 heavy (non-hydrogen) atoms. The summed E-state index contributed by atoms with van der Waals surface area (Å²) in [6.07, 6.45) is 13.8. The zero-order valence-electron chi connectivity index (χ0n) is 37.2. The first kappa shape index (κ1) is 45.9. The summed E-state index contributed by atoms with van der Waals surface area (Å²) in [6.45, 7) is 12.4. The van der Waals surface area contributed by atoms with Crippen LogP contribution in [0.2, 0.25) is 0 Å². The van der Waals surface area contributed by atoms with Crippen LogP contribution in [0.25, 0.3) is 10.8 Å². The van der Waals surface area contributed by atoms with Crippen molar-refractivity contribution in [3.63, 3.8) is 0 Å². The maximum absolute atomic E-state index is 13.1. The van der Waals surface area contributed by atoms with Gasteiger partial charge in [0.05, 0.1) is 18.3 Å². The van der Waals surface area contributed by atoms with Crippen LogP contribution < -0.4 is 27.4 Å². The number of ketones is 1. The standard InChI is InChI=1S/C49H79N5O5/c1-33(11-7-25-53-46(56)19-18-43(55)35-14-15-38-34(29-35)12-6-13-42(38)54(4)5)39-16-17-40-47-41(32-45(49(39,40)3)59-28-10-24-52)48(2)21-20-37(57-26-8-22-50)30-36(48)31-44(47)58-27-9-23-51/h6,12-15,29,33,36-37,39-41,44-45,47H,7-11,16-28,30-32,50-52H2,1-5H3,(H,53,56)/t33-,36+,37-,39-,40+,41+,44-,45+,47+,48+,49-/m1/s1. The van der Waals surface area contributed by atoms with Crippen molar-refractivity contribution in [1.29, 1.82) is 0 Å². The summed E-state index contributed by atoms with van der Waals surface area (Å²) < 4.78 is 20.4. The van der Waals surface area contributed by atoms with Crippen molar-refractivity contribution in [3.8, 4) is 0 Å². The molecule has 4 aliphatic carbocycles. The fourth-order valence-corrected chi connectivity index (χ4v) is 12.7. The Balaban J connectivity index is 1.08. The molecular formula is C49H79N5O5. The molecule has 4 saturated carbocycles. The lowest BCUT2D eigenvalue weighted by molar-refractivity contribution is -0.227. The van der Waals surface area contributed by atoms with E-state index in [9.17, 15) is 9.59 Å². The van der Waals surface area contributed by atoms with Crippen LogP contribution in [0.5, 0.6) is 0 Å².